The molecule has 72 valence electrons. The Morgan fingerprint density at radius 1 is 1.50 bits per heavy atom. The second-order valence-electron chi connectivity index (χ2n) is 3.37. The molecular formula is C10H8F2N2. The number of nitrogens with two attached hydrogens (primary N) is 1. The van der Waals surface area contributed by atoms with Crippen molar-refractivity contribution in [1.29, 1.82) is 5.26 Å². The molecule has 0 saturated carbocycles. The van der Waals surface area contributed by atoms with Crippen molar-refractivity contribution in [3.05, 3.63) is 34.4 Å². The van der Waals surface area contributed by atoms with Gasteiger partial charge in [-0.05, 0) is 30.0 Å². The van der Waals surface area contributed by atoms with E-state index in [1.807, 2.05) is 0 Å². The minimum absolute atomic E-state index is 0.304. The first-order chi connectivity index (χ1) is 6.65. The molecule has 0 heterocycles. The Kier molecular flexibility index (Phi) is 1.97. The average Bonchev–Trinajstić information content (AvgIpc) is 2.49. The summed E-state index contributed by atoms with van der Waals surface area (Å²) in [6.45, 7) is 0. The number of halogens is 2. The summed E-state index contributed by atoms with van der Waals surface area (Å²) in [4.78, 5) is 0. The van der Waals surface area contributed by atoms with Crippen molar-refractivity contribution in [2.45, 2.75) is 18.9 Å². The van der Waals surface area contributed by atoms with Crippen LogP contribution < -0.4 is 5.73 Å². The van der Waals surface area contributed by atoms with Crippen LogP contribution in [0.25, 0.3) is 0 Å². The van der Waals surface area contributed by atoms with Gasteiger partial charge in [-0.25, -0.2) is 8.78 Å². The van der Waals surface area contributed by atoms with Gasteiger partial charge < -0.3 is 5.73 Å². The zero-order chi connectivity index (χ0) is 10.3. The van der Waals surface area contributed by atoms with E-state index in [-0.39, 0.29) is 6.04 Å². The lowest BCUT2D eigenvalue weighted by Crippen LogP contribution is -2.07. The monoisotopic (exact) mass is 194 g/mol. The third-order valence-corrected chi connectivity index (χ3v) is 2.57. The van der Waals surface area contributed by atoms with E-state index in [1.165, 1.54) is 12.1 Å². The second kappa shape index (κ2) is 3.03. The van der Waals surface area contributed by atoms with Gasteiger partial charge in [0.2, 0.25) is 0 Å². The second-order valence-corrected chi connectivity index (χ2v) is 3.37. The molecule has 2 nitrogen and oxygen atoms in total. The van der Waals surface area contributed by atoms with Gasteiger partial charge in [0.15, 0.2) is 0 Å². The van der Waals surface area contributed by atoms with E-state index in [0.29, 0.717) is 24.0 Å². The molecule has 2 rings (SSSR count). The topological polar surface area (TPSA) is 49.8 Å². The Labute approximate surface area is 79.9 Å². The molecule has 1 atom stereocenters. The highest BCUT2D eigenvalue weighted by atomic mass is 19.1. The molecule has 14 heavy (non-hydrogen) atoms. The molecule has 0 aromatic heterocycles. The minimum atomic E-state index is -0.818. The van der Waals surface area contributed by atoms with E-state index in [2.05, 4.69) is 0 Å². The Morgan fingerprint density at radius 2 is 2.21 bits per heavy atom. The standard InChI is InChI=1S/C10H8F2N2/c11-8-3-6-5(1-2-9(6)14)10(12)7(8)4-13/h3,9H,1-2,14H2. The summed E-state index contributed by atoms with van der Waals surface area (Å²) in [6, 6.07) is 2.39. The van der Waals surface area contributed by atoms with Crippen LogP contribution in [0.5, 0.6) is 0 Å². The Morgan fingerprint density at radius 3 is 2.86 bits per heavy atom. The van der Waals surface area contributed by atoms with Gasteiger partial charge >= 0.3 is 0 Å². The molecule has 2 N–H and O–H groups in total. The Bertz CT molecular complexity index is 435. The van der Waals surface area contributed by atoms with Crippen molar-refractivity contribution in [3.63, 3.8) is 0 Å². The maximum Gasteiger partial charge on any atom is 0.147 e. The van der Waals surface area contributed by atoms with Gasteiger partial charge in [-0.15, -0.1) is 0 Å². The zero-order valence-corrected chi connectivity index (χ0v) is 7.35. The molecule has 1 aliphatic rings. The van der Waals surface area contributed by atoms with E-state index in [1.54, 1.807) is 0 Å². The molecule has 0 saturated heterocycles. The number of nitriles is 1. The molecule has 0 bridgehead atoms. The molecule has 0 spiro atoms. The van der Waals surface area contributed by atoms with Crippen LogP contribution in [-0.2, 0) is 6.42 Å². The third kappa shape index (κ3) is 1.10. The summed E-state index contributed by atoms with van der Waals surface area (Å²) >= 11 is 0. The maximum atomic E-state index is 13.5. The summed E-state index contributed by atoms with van der Waals surface area (Å²) in [5.74, 6) is -1.56. The largest absolute Gasteiger partial charge is 0.324 e. The SMILES string of the molecule is N#Cc1c(F)cc2c(c1F)CCC2N. The molecule has 0 aliphatic heterocycles. The van der Waals surface area contributed by atoms with E-state index >= 15 is 0 Å². The first kappa shape index (κ1) is 9.10. The van der Waals surface area contributed by atoms with Crippen LogP contribution >= 0.6 is 0 Å². The third-order valence-electron chi connectivity index (χ3n) is 2.57. The highest BCUT2D eigenvalue weighted by molar-refractivity contribution is 5.44. The molecule has 0 fully saturated rings. The van der Waals surface area contributed by atoms with Gasteiger partial charge in [0.05, 0.1) is 0 Å². The van der Waals surface area contributed by atoms with Crippen LogP contribution in [0.15, 0.2) is 6.07 Å². The predicted molar refractivity (Wildman–Crippen MR) is 46.3 cm³/mol. The maximum absolute atomic E-state index is 13.5. The van der Waals surface area contributed by atoms with E-state index < -0.39 is 17.2 Å². The molecule has 1 aromatic rings. The van der Waals surface area contributed by atoms with Crippen LogP contribution in [0.3, 0.4) is 0 Å². The fourth-order valence-corrected chi connectivity index (χ4v) is 1.82. The molecular weight excluding hydrogens is 186 g/mol. The van der Waals surface area contributed by atoms with E-state index in [9.17, 15) is 8.78 Å². The van der Waals surface area contributed by atoms with Gasteiger partial charge in [0.25, 0.3) is 0 Å². The van der Waals surface area contributed by atoms with Crippen LogP contribution in [0, 0.1) is 23.0 Å². The predicted octanol–water partition coefficient (Wildman–Crippen LogP) is 1.78. The number of nitrogens with zero attached hydrogens (tertiary/aromatic N) is 1. The van der Waals surface area contributed by atoms with Crippen LogP contribution in [-0.4, -0.2) is 0 Å². The minimum Gasteiger partial charge on any atom is -0.324 e. The molecule has 0 amide bonds. The molecule has 1 aromatic carbocycles. The Balaban J connectivity index is 2.70. The van der Waals surface area contributed by atoms with Gasteiger partial charge in [-0.2, -0.15) is 5.26 Å². The van der Waals surface area contributed by atoms with Gasteiger partial charge in [0, 0.05) is 6.04 Å². The molecule has 0 radical (unpaired) electrons. The summed E-state index contributed by atoms with van der Waals surface area (Å²) in [7, 11) is 0. The van der Waals surface area contributed by atoms with Crippen molar-refractivity contribution < 1.29 is 8.78 Å². The smallest absolute Gasteiger partial charge is 0.147 e. The van der Waals surface area contributed by atoms with Crippen LogP contribution in [0.1, 0.15) is 29.2 Å². The number of hydrogen-bond donors (Lipinski definition) is 1. The van der Waals surface area contributed by atoms with Crippen molar-refractivity contribution in [1.82, 2.24) is 0 Å². The van der Waals surface area contributed by atoms with Crippen molar-refractivity contribution >= 4 is 0 Å². The summed E-state index contributed by atoms with van der Waals surface area (Å²) < 4.78 is 26.7. The number of hydrogen-bond acceptors (Lipinski definition) is 2. The van der Waals surface area contributed by atoms with Crippen molar-refractivity contribution in [3.8, 4) is 6.07 Å². The van der Waals surface area contributed by atoms with E-state index in [4.69, 9.17) is 11.0 Å². The number of fused-ring (bicyclic) bond motifs is 1. The molecule has 1 unspecified atom stereocenters. The lowest BCUT2D eigenvalue weighted by molar-refractivity contribution is 0.567. The summed E-state index contributed by atoms with van der Waals surface area (Å²) in [5, 5.41) is 8.54. The van der Waals surface area contributed by atoms with Gasteiger partial charge in [-0.3, -0.25) is 0 Å². The fourth-order valence-electron chi connectivity index (χ4n) is 1.82. The Hall–Kier alpha value is -1.47. The summed E-state index contributed by atoms with van der Waals surface area (Å²) in [5.41, 5.74) is 6.06. The fraction of sp³-hybridized carbons (Fsp3) is 0.300. The summed E-state index contributed by atoms with van der Waals surface area (Å²) in [6.07, 6.45) is 1.10. The molecule has 1 aliphatic carbocycles. The first-order valence-corrected chi connectivity index (χ1v) is 4.31. The van der Waals surface area contributed by atoms with Crippen LogP contribution in [0.2, 0.25) is 0 Å². The lowest BCUT2D eigenvalue weighted by atomic mass is 10.0. The van der Waals surface area contributed by atoms with Crippen LogP contribution in [0.4, 0.5) is 8.78 Å². The zero-order valence-electron chi connectivity index (χ0n) is 7.35. The normalized spacial score (nSPS) is 19.1. The average molecular weight is 194 g/mol. The highest BCUT2D eigenvalue weighted by Crippen LogP contribution is 2.33. The quantitative estimate of drug-likeness (QED) is 0.684. The highest BCUT2D eigenvalue weighted by Gasteiger charge is 2.26. The van der Waals surface area contributed by atoms with E-state index in [0.717, 1.165) is 0 Å². The lowest BCUT2D eigenvalue weighted by Gasteiger charge is -2.06. The number of rotatable bonds is 0. The first-order valence-electron chi connectivity index (χ1n) is 4.31. The molecule has 4 heteroatoms. The van der Waals surface area contributed by atoms with Gasteiger partial charge in [-0.1, -0.05) is 0 Å². The van der Waals surface area contributed by atoms with Gasteiger partial charge in [0.1, 0.15) is 23.3 Å². The number of benzene rings is 1. The van der Waals surface area contributed by atoms with Crippen molar-refractivity contribution in [2.24, 2.45) is 5.73 Å². The van der Waals surface area contributed by atoms with Crippen molar-refractivity contribution in [2.75, 3.05) is 0 Å².